The number of rotatable bonds is 3. The highest BCUT2D eigenvalue weighted by Gasteiger charge is 2.01. The van der Waals surface area contributed by atoms with E-state index < -0.39 is 0 Å². The molecule has 2 rings (SSSR count). The van der Waals surface area contributed by atoms with Crippen molar-refractivity contribution in [3.05, 3.63) is 50.4 Å². The summed E-state index contributed by atoms with van der Waals surface area (Å²) in [5.74, 6) is 0.0797. The first-order valence-corrected chi connectivity index (χ1v) is 6.28. The fourth-order valence-electron chi connectivity index (χ4n) is 1.20. The van der Waals surface area contributed by atoms with Gasteiger partial charge < -0.3 is 0 Å². The van der Waals surface area contributed by atoms with Crippen LogP contribution in [0.5, 0.6) is 0 Å². The van der Waals surface area contributed by atoms with Crippen molar-refractivity contribution in [2.45, 2.75) is 6.92 Å². The van der Waals surface area contributed by atoms with Crippen LogP contribution in [0.15, 0.2) is 35.7 Å². The van der Waals surface area contributed by atoms with Crippen LogP contribution < -0.4 is 0 Å². The van der Waals surface area contributed by atoms with Crippen molar-refractivity contribution < 1.29 is 4.79 Å². The summed E-state index contributed by atoms with van der Waals surface area (Å²) in [5.41, 5.74) is 0. The number of thiophene rings is 2. The quantitative estimate of drug-likeness (QED) is 0.579. The number of allylic oxidation sites excluding steroid dienone is 1. The molecule has 2 heterocycles. The smallest absolute Gasteiger partial charge is 0.195 e. The lowest BCUT2D eigenvalue weighted by Gasteiger charge is -1.87. The summed E-state index contributed by atoms with van der Waals surface area (Å²) in [6.45, 7) is 2.06. The maximum absolute atomic E-state index is 11.6. The number of carbonyl (C=O) groups excluding carboxylic acids is 1. The molecule has 0 spiro atoms. The van der Waals surface area contributed by atoms with E-state index in [9.17, 15) is 4.79 Å². The van der Waals surface area contributed by atoms with Gasteiger partial charge in [-0.05, 0) is 42.7 Å². The standard InChI is InChI=1S/C12H10OS2/c1-9-4-5-10(15-9)6-7-11(13)12-3-2-8-14-12/h2-8H,1H3. The number of carbonyl (C=O) groups is 1. The maximum Gasteiger partial charge on any atom is 0.195 e. The third-order valence-corrected chi connectivity index (χ3v) is 3.77. The molecule has 0 aromatic carbocycles. The molecule has 0 aliphatic carbocycles. The predicted octanol–water partition coefficient (Wildman–Crippen LogP) is 4.01. The Morgan fingerprint density at radius 3 is 2.80 bits per heavy atom. The van der Waals surface area contributed by atoms with Crippen LogP contribution in [0.4, 0.5) is 0 Å². The van der Waals surface area contributed by atoms with Crippen LogP contribution in [0, 0.1) is 6.92 Å². The Morgan fingerprint density at radius 1 is 1.33 bits per heavy atom. The van der Waals surface area contributed by atoms with E-state index >= 15 is 0 Å². The van der Waals surface area contributed by atoms with E-state index in [4.69, 9.17) is 0 Å². The Hall–Kier alpha value is -1.19. The number of hydrogen-bond donors (Lipinski definition) is 0. The Kier molecular flexibility index (Phi) is 3.14. The maximum atomic E-state index is 11.6. The summed E-state index contributed by atoms with van der Waals surface area (Å²) in [6, 6.07) is 7.82. The van der Waals surface area contributed by atoms with E-state index in [1.165, 1.54) is 16.2 Å². The number of aryl methyl sites for hydroxylation is 1. The third-order valence-electron chi connectivity index (χ3n) is 1.92. The largest absolute Gasteiger partial charge is 0.288 e. The van der Waals surface area contributed by atoms with Gasteiger partial charge in [0.2, 0.25) is 0 Å². The molecular weight excluding hydrogens is 224 g/mol. The van der Waals surface area contributed by atoms with Gasteiger partial charge in [0.15, 0.2) is 5.78 Å². The Balaban J connectivity index is 2.09. The summed E-state index contributed by atoms with van der Waals surface area (Å²) in [4.78, 5) is 14.8. The molecule has 3 heteroatoms. The third kappa shape index (κ3) is 2.64. The van der Waals surface area contributed by atoms with Gasteiger partial charge in [-0.15, -0.1) is 22.7 Å². The van der Waals surface area contributed by atoms with E-state index in [0.29, 0.717) is 0 Å². The average molecular weight is 234 g/mol. The second-order valence-electron chi connectivity index (χ2n) is 3.12. The van der Waals surface area contributed by atoms with Crippen molar-refractivity contribution in [3.63, 3.8) is 0 Å². The second-order valence-corrected chi connectivity index (χ2v) is 5.39. The van der Waals surface area contributed by atoms with Gasteiger partial charge in [0, 0.05) is 9.75 Å². The van der Waals surface area contributed by atoms with Gasteiger partial charge in [0.25, 0.3) is 0 Å². The molecule has 0 bridgehead atoms. The molecule has 15 heavy (non-hydrogen) atoms. The van der Waals surface area contributed by atoms with Gasteiger partial charge in [-0.2, -0.15) is 0 Å². The summed E-state index contributed by atoms with van der Waals surface area (Å²) < 4.78 is 0. The molecule has 0 aliphatic heterocycles. The van der Waals surface area contributed by atoms with Crippen molar-refractivity contribution in [3.8, 4) is 0 Å². The predicted molar refractivity (Wildman–Crippen MR) is 66.7 cm³/mol. The lowest BCUT2D eigenvalue weighted by Crippen LogP contribution is -1.87. The monoisotopic (exact) mass is 234 g/mol. The molecule has 76 valence electrons. The highest BCUT2D eigenvalue weighted by molar-refractivity contribution is 7.13. The SMILES string of the molecule is Cc1ccc(C=CC(=O)c2cccs2)s1. The number of hydrogen-bond acceptors (Lipinski definition) is 3. The molecule has 0 N–H and O–H groups in total. The van der Waals surface area contributed by atoms with Crippen LogP contribution in [0.25, 0.3) is 6.08 Å². The first-order valence-electron chi connectivity index (χ1n) is 4.58. The van der Waals surface area contributed by atoms with Crippen LogP contribution in [0.3, 0.4) is 0 Å². The molecule has 0 unspecified atom stereocenters. The Labute approximate surface area is 96.7 Å². The summed E-state index contributed by atoms with van der Waals surface area (Å²) in [5, 5.41) is 1.91. The molecule has 0 aliphatic rings. The van der Waals surface area contributed by atoms with E-state index in [-0.39, 0.29) is 5.78 Å². The zero-order valence-electron chi connectivity index (χ0n) is 8.27. The van der Waals surface area contributed by atoms with Gasteiger partial charge in [-0.3, -0.25) is 4.79 Å². The Morgan fingerprint density at radius 2 is 2.20 bits per heavy atom. The molecule has 0 saturated heterocycles. The van der Waals surface area contributed by atoms with Crippen molar-refractivity contribution in [1.82, 2.24) is 0 Å². The molecule has 2 aromatic rings. The van der Waals surface area contributed by atoms with E-state index in [0.717, 1.165) is 9.75 Å². The second kappa shape index (κ2) is 4.55. The molecule has 1 nitrogen and oxygen atoms in total. The van der Waals surface area contributed by atoms with Crippen LogP contribution in [-0.2, 0) is 0 Å². The fraction of sp³-hybridized carbons (Fsp3) is 0.0833. The van der Waals surface area contributed by atoms with Crippen LogP contribution in [0.1, 0.15) is 19.4 Å². The van der Waals surface area contributed by atoms with Crippen molar-refractivity contribution >= 4 is 34.5 Å². The zero-order chi connectivity index (χ0) is 10.7. The summed E-state index contributed by atoms with van der Waals surface area (Å²) in [7, 11) is 0. The lowest BCUT2D eigenvalue weighted by atomic mass is 10.3. The van der Waals surface area contributed by atoms with E-state index in [2.05, 4.69) is 13.0 Å². The van der Waals surface area contributed by atoms with Gasteiger partial charge >= 0.3 is 0 Å². The zero-order valence-corrected chi connectivity index (χ0v) is 9.90. The molecular formula is C12H10OS2. The van der Waals surface area contributed by atoms with Crippen LogP contribution in [0.2, 0.25) is 0 Å². The molecule has 0 amide bonds. The van der Waals surface area contributed by atoms with Crippen molar-refractivity contribution in [2.24, 2.45) is 0 Å². The molecule has 2 aromatic heterocycles. The topological polar surface area (TPSA) is 17.1 Å². The average Bonchev–Trinajstić information content (AvgIpc) is 2.84. The van der Waals surface area contributed by atoms with Gasteiger partial charge in [-0.1, -0.05) is 6.07 Å². The fourth-order valence-corrected chi connectivity index (χ4v) is 2.63. The highest BCUT2D eigenvalue weighted by atomic mass is 32.1. The van der Waals surface area contributed by atoms with Gasteiger partial charge in [-0.25, -0.2) is 0 Å². The van der Waals surface area contributed by atoms with E-state index in [1.54, 1.807) is 17.4 Å². The minimum absolute atomic E-state index is 0.0797. The molecule has 0 saturated carbocycles. The van der Waals surface area contributed by atoms with Crippen LogP contribution in [-0.4, -0.2) is 5.78 Å². The lowest BCUT2D eigenvalue weighted by molar-refractivity contribution is 0.105. The first-order chi connectivity index (χ1) is 7.25. The summed E-state index contributed by atoms with van der Waals surface area (Å²) in [6.07, 6.45) is 3.51. The first kappa shape index (κ1) is 10.3. The van der Waals surface area contributed by atoms with Gasteiger partial charge in [0.1, 0.15) is 0 Å². The normalized spacial score (nSPS) is 11.0. The minimum Gasteiger partial charge on any atom is -0.288 e. The molecule has 0 radical (unpaired) electrons. The van der Waals surface area contributed by atoms with E-state index in [1.807, 2.05) is 29.7 Å². The highest BCUT2D eigenvalue weighted by Crippen LogP contribution is 2.17. The molecule has 0 fully saturated rings. The van der Waals surface area contributed by atoms with Crippen LogP contribution >= 0.6 is 22.7 Å². The molecule has 0 atom stereocenters. The summed E-state index contributed by atoms with van der Waals surface area (Å²) >= 11 is 3.17. The Bertz CT molecular complexity index is 477. The minimum atomic E-state index is 0.0797. The van der Waals surface area contributed by atoms with Crippen molar-refractivity contribution in [2.75, 3.05) is 0 Å². The van der Waals surface area contributed by atoms with Gasteiger partial charge in [0.05, 0.1) is 4.88 Å². The number of ketones is 1. The van der Waals surface area contributed by atoms with Crippen molar-refractivity contribution in [1.29, 1.82) is 0 Å².